The summed E-state index contributed by atoms with van der Waals surface area (Å²) in [7, 11) is 1.49. The van der Waals surface area contributed by atoms with Gasteiger partial charge in [-0.15, -0.1) is 0 Å². The van der Waals surface area contributed by atoms with E-state index in [2.05, 4.69) is 20.2 Å². The Morgan fingerprint density at radius 3 is 2.54 bits per heavy atom. The van der Waals surface area contributed by atoms with E-state index in [1.54, 1.807) is 18.2 Å². The van der Waals surface area contributed by atoms with Gasteiger partial charge in [0.15, 0.2) is 0 Å². The number of benzene rings is 2. The highest BCUT2D eigenvalue weighted by molar-refractivity contribution is 6.14. The van der Waals surface area contributed by atoms with Crippen LogP contribution < -0.4 is 15.1 Å². The van der Waals surface area contributed by atoms with Crippen LogP contribution in [-0.4, -0.2) is 41.5 Å². The Bertz CT molecular complexity index is 1310. The summed E-state index contributed by atoms with van der Waals surface area (Å²) < 4.78 is 29.6. The first-order chi connectivity index (χ1) is 17.0. The van der Waals surface area contributed by atoms with E-state index in [1.165, 1.54) is 49.0 Å². The highest BCUT2D eigenvalue weighted by atomic mass is 19.1. The third-order valence-electron chi connectivity index (χ3n) is 6.27. The molecule has 2 aliphatic heterocycles. The summed E-state index contributed by atoms with van der Waals surface area (Å²) in [6, 6.07) is 10.8. The first-order valence-electron chi connectivity index (χ1n) is 11.5. The van der Waals surface area contributed by atoms with Crippen molar-refractivity contribution in [2.75, 3.05) is 30.4 Å². The van der Waals surface area contributed by atoms with Gasteiger partial charge >= 0.3 is 0 Å². The molecule has 35 heavy (non-hydrogen) atoms. The number of piperidine rings is 1. The van der Waals surface area contributed by atoms with Crippen molar-refractivity contribution in [1.29, 1.82) is 0 Å². The molecule has 1 fully saturated rings. The maximum absolute atomic E-state index is 14.8. The van der Waals surface area contributed by atoms with Crippen molar-refractivity contribution >= 4 is 23.0 Å². The summed E-state index contributed by atoms with van der Waals surface area (Å²) in [5.74, 6) is -1.26. The summed E-state index contributed by atoms with van der Waals surface area (Å²) >= 11 is 0. The van der Waals surface area contributed by atoms with Crippen molar-refractivity contribution in [3.8, 4) is 11.3 Å². The van der Waals surface area contributed by atoms with Crippen LogP contribution in [0.15, 0.2) is 65.6 Å². The van der Waals surface area contributed by atoms with E-state index in [0.717, 1.165) is 31.6 Å². The Morgan fingerprint density at radius 1 is 1.06 bits per heavy atom. The zero-order valence-corrected chi connectivity index (χ0v) is 19.3. The molecule has 0 radical (unpaired) electrons. The van der Waals surface area contributed by atoms with E-state index < -0.39 is 11.7 Å². The van der Waals surface area contributed by atoms with E-state index in [0.29, 0.717) is 28.2 Å². The van der Waals surface area contributed by atoms with E-state index in [4.69, 9.17) is 4.84 Å². The number of imidazole rings is 1. The predicted molar refractivity (Wildman–Crippen MR) is 130 cm³/mol. The second-order valence-electron chi connectivity index (χ2n) is 8.53. The van der Waals surface area contributed by atoms with Crippen LogP contribution in [0.1, 0.15) is 31.4 Å². The molecule has 1 aromatic heterocycles. The van der Waals surface area contributed by atoms with Crippen molar-refractivity contribution in [2.24, 2.45) is 4.99 Å². The van der Waals surface area contributed by atoms with Crippen molar-refractivity contribution in [2.45, 2.75) is 25.7 Å². The monoisotopic (exact) mass is 477 g/mol. The number of halogens is 2. The fourth-order valence-corrected chi connectivity index (χ4v) is 4.42. The van der Waals surface area contributed by atoms with Crippen LogP contribution in [0, 0.1) is 11.6 Å². The normalized spacial score (nSPS) is 15.6. The molecule has 1 amide bonds. The average molecular weight is 478 g/mol. The first-order valence-corrected chi connectivity index (χ1v) is 11.5. The highest BCUT2D eigenvalue weighted by Gasteiger charge is 2.26. The smallest absolute Gasteiger partial charge is 0.253 e. The number of aromatic nitrogens is 2. The highest BCUT2D eigenvalue weighted by Crippen LogP contribution is 2.29. The number of anilines is 2. The number of hydrogen-bond acceptors (Lipinski definition) is 5. The van der Waals surface area contributed by atoms with E-state index in [9.17, 15) is 13.6 Å². The second kappa shape index (κ2) is 9.69. The standard InChI is InChI=1S/C26H25F2N5O2/c1-35-33-16-30-24(17-5-7-19(27)8-6-17)25(33)23-13-18(15-29-23)26(34)31-22-10-9-20(14-21(22)28)32-11-3-2-4-12-32/h5-10,14-16H,2-4,11-13H2,1H3,(H,31,34). The van der Waals surface area contributed by atoms with Crippen molar-refractivity contribution in [3.05, 3.63) is 77.9 Å². The zero-order valence-electron chi connectivity index (χ0n) is 19.3. The Kier molecular flexibility index (Phi) is 6.31. The number of aliphatic imine (C=N–C) groups is 1. The summed E-state index contributed by atoms with van der Waals surface area (Å²) in [6.07, 6.45) is 6.56. The van der Waals surface area contributed by atoms with Gasteiger partial charge in [0.2, 0.25) is 0 Å². The number of amides is 1. The molecule has 9 heteroatoms. The van der Waals surface area contributed by atoms with Gasteiger partial charge in [0.05, 0.1) is 11.4 Å². The molecule has 180 valence electrons. The quantitative estimate of drug-likeness (QED) is 0.564. The molecule has 3 heterocycles. The minimum absolute atomic E-state index is 0.124. The molecule has 0 aliphatic carbocycles. The van der Waals surface area contributed by atoms with Crippen LogP contribution in [0.2, 0.25) is 0 Å². The molecule has 0 spiro atoms. The molecule has 1 N–H and O–H groups in total. The van der Waals surface area contributed by atoms with Crippen LogP contribution in [-0.2, 0) is 4.79 Å². The van der Waals surface area contributed by atoms with Crippen molar-refractivity contribution in [3.63, 3.8) is 0 Å². The van der Waals surface area contributed by atoms with Crippen LogP contribution in [0.5, 0.6) is 0 Å². The van der Waals surface area contributed by atoms with Gasteiger partial charge in [-0.3, -0.25) is 9.79 Å². The third kappa shape index (κ3) is 4.66. The Labute approximate surface area is 201 Å². The van der Waals surface area contributed by atoms with Crippen molar-refractivity contribution < 1.29 is 18.4 Å². The molecule has 5 rings (SSSR count). The van der Waals surface area contributed by atoms with E-state index >= 15 is 0 Å². The minimum atomic E-state index is -0.475. The fourth-order valence-electron chi connectivity index (χ4n) is 4.42. The van der Waals surface area contributed by atoms with Crippen LogP contribution in [0.4, 0.5) is 20.2 Å². The summed E-state index contributed by atoms with van der Waals surface area (Å²) in [5.41, 5.74) is 3.71. The van der Waals surface area contributed by atoms with Gasteiger partial charge in [-0.2, -0.15) is 4.73 Å². The van der Waals surface area contributed by atoms with Gasteiger partial charge in [0.25, 0.3) is 5.91 Å². The maximum atomic E-state index is 14.8. The Morgan fingerprint density at radius 2 is 1.83 bits per heavy atom. The average Bonchev–Trinajstić information content (AvgIpc) is 3.53. The Balaban J connectivity index is 1.30. The number of carbonyl (C=O) groups excluding carboxylic acids is 1. The summed E-state index contributed by atoms with van der Waals surface area (Å²) in [5, 5.41) is 2.66. The van der Waals surface area contributed by atoms with Gasteiger partial charge in [0, 0.05) is 42.5 Å². The topological polar surface area (TPSA) is 71.7 Å². The van der Waals surface area contributed by atoms with Gasteiger partial charge < -0.3 is 15.1 Å². The van der Waals surface area contributed by atoms with Gasteiger partial charge in [-0.25, -0.2) is 13.8 Å². The second-order valence-corrected chi connectivity index (χ2v) is 8.53. The van der Waals surface area contributed by atoms with Crippen LogP contribution in [0.25, 0.3) is 11.3 Å². The number of carbonyl (C=O) groups is 1. The first kappa shape index (κ1) is 22.8. The fraction of sp³-hybridized carbons (Fsp3) is 0.269. The zero-order chi connectivity index (χ0) is 24.4. The van der Waals surface area contributed by atoms with Gasteiger partial charge in [0.1, 0.15) is 36.5 Å². The van der Waals surface area contributed by atoms with Gasteiger partial charge in [-0.1, -0.05) is 0 Å². The van der Waals surface area contributed by atoms with Crippen LogP contribution >= 0.6 is 0 Å². The molecule has 0 bridgehead atoms. The number of rotatable bonds is 6. The lowest BCUT2D eigenvalue weighted by molar-refractivity contribution is -0.112. The summed E-state index contributed by atoms with van der Waals surface area (Å²) in [6.45, 7) is 1.83. The molecular weight excluding hydrogens is 452 g/mol. The number of hydrogen-bond donors (Lipinski definition) is 1. The molecule has 0 unspecified atom stereocenters. The van der Waals surface area contributed by atoms with E-state index in [-0.39, 0.29) is 17.9 Å². The van der Waals surface area contributed by atoms with Crippen molar-refractivity contribution in [1.82, 2.24) is 9.71 Å². The lowest BCUT2D eigenvalue weighted by atomic mass is 10.0. The molecule has 2 aromatic carbocycles. The molecule has 1 saturated heterocycles. The largest absolute Gasteiger partial charge is 0.416 e. The molecule has 7 nitrogen and oxygen atoms in total. The SMILES string of the molecule is COn1cnc(-c2ccc(F)cc2)c1C1=NC=C(C(=O)Nc2ccc(N3CCCCC3)cc2F)C1. The number of nitrogens with one attached hydrogen (secondary N) is 1. The summed E-state index contributed by atoms with van der Waals surface area (Å²) in [4.78, 5) is 29.2. The van der Waals surface area contributed by atoms with Gasteiger partial charge in [-0.05, 0) is 61.7 Å². The predicted octanol–water partition coefficient (Wildman–Crippen LogP) is 4.59. The van der Waals surface area contributed by atoms with Crippen LogP contribution in [0.3, 0.4) is 0 Å². The Hall–Kier alpha value is -4.01. The molecule has 2 aliphatic rings. The lowest BCUT2D eigenvalue weighted by Gasteiger charge is -2.29. The molecule has 3 aromatic rings. The van der Waals surface area contributed by atoms with E-state index in [1.807, 2.05) is 6.07 Å². The molecule has 0 saturated carbocycles. The minimum Gasteiger partial charge on any atom is -0.416 e. The number of nitrogens with zero attached hydrogens (tertiary/aromatic N) is 4. The maximum Gasteiger partial charge on any atom is 0.253 e. The third-order valence-corrected chi connectivity index (χ3v) is 6.27. The molecule has 0 atom stereocenters. The molecular formula is C26H25F2N5O2. The lowest BCUT2D eigenvalue weighted by Crippen LogP contribution is -2.29.